The number of hydrogen-bond acceptors (Lipinski definition) is 6. The highest BCUT2D eigenvalue weighted by Crippen LogP contribution is 2.40. The number of nitrogens with zero attached hydrogens (tertiary/aromatic N) is 4. The highest BCUT2D eigenvalue weighted by Gasteiger charge is 2.30. The molecule has 5 rings (SSSR count). The molecule has 1 aliphatic rings. The number of rotatable bonds is 8. The number of hydrogen-bond donors (Lipinski definition) is 1. The van der Waals surface area contributed by atoms with Gasteiger partial charge in [-0.1, -0.05) is 60.3 Å². The third-order valence-corrected chi connectivity index (χ3v) is 6.70. The first-order valence-electron chi connectivity index (χ1n) is 10.2. The fraction of sp³-hybridized carbons (Fsp3) is 0.217. The van der Waals surface area contributed by atoms with Gasteiger partial charge in [-0.2, -0.15) is 0 Å². The minimum absolute atomic E-state index is 0.0712. The van der Waals surface area contributed by atoms with Crippen LogP contribution in [0.4, 0.5) is 0 Å². The van der Waals surface area contributed by atoms with Gasteiger partial charge in [-0.15, -0.1) is 16.4 Å². The first-order valence-corrected chi connectivity index (χ1v) is 12.0. The zero-order valence-electron chi connectivity index (χ0n) is 16.7. The van der Waals surface area contributed by atoms with Crippen LogP contribution >= 0.6 is 23.1 Å². The summed E-state index contributed by atoms with van der Waals surface area (Å²) in [5.41, 5.74) is 2.01. The Morgan fingerprint density at radius 1 is 1.13 bits per heavy atom. The molecule has 0 bridgehead atoms. The van der Waals surface area contributed by atoms with Gasteiger partial charge >= 0.3 is 0 Å². The quantitative estimate of drug-likeness (QED) is 0.400. The second kappa shape index (κ2) is 9.03. The molecule has 1 N–H and O–H groups in total. The highest BCUT2D eigenvalue weighted by atomic mass is 32.2. The van der Waals surface area contributed by atoms with Gasteiger partial charge in [-0.05, 0) is 30.5 Å². The van der Waals surface area contributed by atoms with E-state index in [-0.39, 0.29) is 17.7 Å². The van der Waals surface area contributed by atoms with Crippen LogP contribution in [0.15, 0.2) is 77.4 Å². The second-order valence-corrected chi connectivity index (χ2v) is 9.21. The van der Waals surface area contributed by atoms with Gasteiger partial charge in [-0.3, -0.25) is 4.79 Å². The predicted molar refractivity (Wildman–Crippen MR) is 123 cm³/mol. The van der Waals surface area contributed by atoms with E-state index in [1.807, 2.05) is 70.7 Å². The first-order chi connectivity index (χ1) is 15.3. The Morgan fingerprint density at radius 3 is 2.55 bits per heavy atom. The standard InChI is InChI=1S/C23H21N5OS2/c29-19(25-20(22-24-13-14-30-22)16-7-3-1-4-8-16)15-31-23-26-21(17-11-12-17)28(27-23)18-9-5-2-6-10-18/h1-10,13-14,17,20H,11-12,15H2,(H,25,29). The molecular formula is C23H21N5OS2. The van der Waals surface area contributed by atoms with Crippen LogP contribution in [0.5, 0.6) is 0 Å². The molecule has 1 unspecified atom stereocenters. The number of nitrogens with one attached hydrogen (secondary N) is 1. The van der Waals surface area contributed by atoms with Crippen molar-refractivity contribution in [3.63, 3.8) is 0 Å². The fourth-order valence-electron chi connectivity index (χ4n) is 3.37. The van der Waals surface area contributed by atoms with E-state index < -0.39 is 0 Å². The zero-order chi connectivity index (χ0) is 21.0. The van der Waals surface area contributed by atoms with Crippen LogP contribution in [-0.4, -0.2) is 31.4 Å². The average Bonchev–Trinajstić information content (AvgIpc) is 3.34. The van der Waals surface area contributed by atoms with E-state index in [0.717, 1.165) is 34.9 Å². The molecule has 2 aromatic carbocycles. The van der Waals surface area contributed by atoms with Crippen molar-refractivity contribution in [2.24, 2.45) is 0 Å². The molecule has 0 aliphatic heterocycles. The van der Waals surface area contributed by atoms with E-state index in [9.17, 15) is 4.79 Å². The summed E-state index contributed by atoms with van der Waals surface area (Å²) in [5.74, 6) is 1.62. The third kappa shape index (κ3) is 4.70. The molecule has 31 heavy (non-hydrogen) atoms. The lowest BCUT2D eigenvalue weighted by atomic mass is 10.1. The van der Waals surface area contributed by atoms with Crippen molar-refractivity contribution in [3.8, 4) is 5.69 Å². The monoisotopic (exact) mass is 447 g/mol. The molecule has 4 aromatic rings. The van der Waals surface area contributed by atoms with Crippen molar-refractivity contribution in [2.75, 3.05) is 5.75 Å². The summed E-state index contributed by atoms with van der Waals surface area (Å²) in [6, 6.07) is 19.7. The minimum atomic E-state index is -0.258. The lowest BCUT2D eigenvalue weighted by Crippen LogP contribution is -2.30. The smallest absolute Gasteiger partial charge is 0.231 e. The SMILES string of the molecule is O=C(CSc1nc(C2CC2)n(-c2ccccc2)n1)NC(c1ccccc1)c1nccs1. The topological polar surface area (TPSA) is 72.7 Å². The van der Waals surface area contributed by atoms with Crippen molar-refractivity contribution in [1.82, 2.24) is 25.1 Å². The molecule has 1 saturated carbocycles. The van der Waals surface area contributed by atoms with Crippen LogP contribution in [0.25, 0.3) is 5.69 Å². The average molecular weight is 448 g/mol. The van der Waals surface area contributed by atoms with Gasteiger partial charge in [0.25, 0.3) is 0 Å². The summed E-state index contributed by atoms with van der Waals surface area (Å²) in [7, 11) is 0. The van der Waals surface area contributed by atoms with Crippen LogP contribution in [0.3, 0.4) is 0 Å². The number of benzene rings is 2. The number of thiazole rings is 1. The van der Waals surface area contributed by atoms with E-state index in [4.69, 9.17) is 4.98 Å². The molecule has 1 fully saturated rings. The summed E-state index contributed by atoms with van der Waals surface area (Å²) >= 11 is 2.90. The van der Waals surface area contributed by atoms with Gasteiger partial charge < -0.3 is 5.32 Å². The normalized spacial score (nSPS) is 14.3. The van der Waals surface area contributed by atoms with Gasteiger partial charge in [0, 0.05) is 17.5 Å². The van der Waals surface area contributed by atoms with Crippen molar-refractivity contribution in [2.45, 2.75) is 30.0 Å². The first kappa shape index (κ1) is 20.0. The Hall–Kier alpha value is -2.97. The summed E-state index contributed by atoms with van der Waals surface area (Å²) in [5, 5.41) is 11.2. The number of aromatic nitrogens is 4. The molecule has 156 valence electrons. The molecule has 1 aliphatic carbocycles. The molecule has 6 nitrogen and oxygen atoms in total. The zero-order valence-corrected chi connectivity index (χ0v) is 18.4. The molecule has 1 atom stereocenters. The fourth-order valence-corrected chi connectivity index (χ4v) is 4.73. The van der Waals surface area contributed by atoms with Gasteiger partial charge in [0.15, 0.2) is 0 Å². The lowest BCUT2D eigenvalue weighted by molar-refractivity contribution is -0.119. The van der Waals surface area contributed by atoms with Gasteiger partial charge in [0.2, 0.25) is 11.1 Å². The van der Waals surface area contributed by atoms with Crippen molar-refractivity contribution in [1.29, 1.82) is 0 Å². The molecule has 2 heterocycles. The Bertz CT molecular complexity index is 1140. The van der Waals surface area contributed by atoms with Crippen LogP contribution < -0.4 is 5.32 Å². The Balaban J connectivity index is 1.29. The van der Waals surface area contributed by atoms with E-state index in [2.05, 4.69) is 15.4 Å². The maximum absolute atomic E-state index is 12.8. The Kier molecular flexibility index (Phi) is 5.82. The van der Waals surface area contributed by atoms with Crippen LogP contribution in [-0.2, 0) is 4.79 Å². The molecule has 8 heteroatoms. The highest BCUT2D eigenvalue weighted by molar-refractivity contribution is 7.99. The molecule has 2 aromatic heterocycles. The van der Waals surface area contributed by atoms with Gasteiger partial charge in [-0.25, -0.2) is 14.6 Å². The summed E-state index contributed by atoms with van der Waals surface area (Å²) in [6.45, 7) is 0. The van der Waals surface area contributed by atoms with E-state index >= 15 is 0 Å². The molecular weight excluding hydrogens is 426 g/mol. The number of amides is 1. The minimum Gasteiger partial charge on any atom is -0.342 e. The third-order valence-electron chi connectivity index (χ3n) is 5.02. The van der Waals surface area contributed by atoms with E-state index in [1.54, 1.807) is 6.20 Å². The Labute approximate surface area is 188 Å². The largest absolute Gasteiger partial charge is 0.342 e. The van der Waals surface area contributed by atoms with Gasteiger partial charge in [0.1, 0.15) is 16.9 Å². The maximum Gasteiger partial charge on any atom is 0.231 e. The van der Waals surface area contributed by atoms with Crippen LogP contribution in [0.2, 0.25) is 0 Å². The van der Waals surface area contributed by atoms with Crippen LogP contribution in [0.1, 0.15) is 41.2 Å². The predicted octanol–water partition coefficient (Wildman–Crippen LogP) is 4.60. The van der Waals surface area contributed by atoms with Crippen LogP contribution in [0, 0.1) is 0 Å². The van der Waals surface area contributed by atoms with E-state index in [1.165, 1.54) is 23.1 Å². The lowest BCUT2D eigenvalue weighted by Gasteiger charge is -2.16. The van der Waals surface area contributed by atoms with Crippen molar-refractivity contribution < 1.29 is 4.79 Å². The molecule has 1 amide bonds. The number of para-hydroxylation sites is 1. The number of thioether (sulfide) groups is 1. The van der Waals surface area contributed by atoms with E-state index in [0.29, 0.717) is 11.1 Å². The molecule has 0 radical (unpaired) electrons. The molecule has 0 spiro atoms. The molecule has 0 saturated heterocycles. The van der Waals surface area contributed by atoms with Crippen molar-refractivity contribution >= 4 is 29.0 Å². The van der Waals surface area contributed by atoms with Gasteiger partial charge in [0.05, 0.1) is 11.4 Å². The summed E-state index contributed by atoms with van der Waals surface area (Å²) in [6.07, 6.45) is 4.04. The Morgan fingerprint density at radius 2 is 1.87 bits per heavy atom. The number of carbonyl (C=O) groups excluding carboxylic acids is 1. The second-order valence-electron chi connectivity index (χ2n) is 7.34. The summed E-state index contributed by atoms with van der Waals surface area (Å²) in [4.78, 5) is 21.9. The summed E-state index contributed by atoms with van der Waals surface area (Å²) < 4.78 is 1.92. The van der Waals surface area contributed by atoms with Crippen molar-refractivity contribution in [3.05, 3.63) is 88.6 Å². The maximum atomic E-state index is 12.8. The number of carbonyl (C=O) groups is 1.